The summed E-state index contributed by atoms with van der Waals surface area (Å²) in [6, 6.07) is 7.47. The zero-order chi connectivity index (χ0) is 14.0. The fourth-order valence-corrected chi connectivity index (χ4v) is 2.26. The Morgan fingerprint density at radius 1 is 1.53 bits per heavy atom. The number of benzene rings is 1. The summed E-state index contributed by atoms with van der Waals surface area (Å²) in [5.41, 5.74) is 2.39. The molecule has 0 unspecified atom stereocenters. The molecule has 0 aliphatic rings. The Morgan fingerprint density at radius 2 is 2.26 bits per heavy atom. The first-order chi connectivity index (χ1) is 9.02. The van der Waals surface area contributed by atoms with Crippen LogP contribution in [-0.4, -0.2) is 9.55 Å². The maximum absolute atomic E-state index is 12.0. The van der Waals surface area contributed by atoms with Crippen molar-refractivity contribution in [1.29, 1.82) is 5.26 Å². The lowest BCUT2D eigenvalue weighted by Crippen LogP contribution is -2.24. The van der Waals surface area contributed by atoms with Gasteiger partial charge >= 0.3 is 0 Å². The van der Waals surface area contributed by atoms with E-state index in [9.17, 15) is 4.79 Å². The summed E-state index contributed by atoms with van der Waals surface area (Å²) in [4.78, 5) is 16.0. The Hall–Kier alpha value is -1.39. The average molecular weight is 386 g/mol. The summed E-state index contributed by atoms with van der Waals surface area (Å²) >= 11 is 7.68. The van der Waals surface area contributed by atoms with Crippen molar-refractivity contribution in [3.63, 3.8) is 0 Å². The van der Waals surface area contributed by atoms with Crippen LogP contribution in [0.4, 0.5) is 0 Å². The van der Waals surface area contributed by atoms with Gasteiger partial charge in [0.05, 0.1) is 24.5 Å². The number of rotatable bonds is 2. The molecule has 4 nitrogen and oxygen atoms in total. The SMILES string of the molecule is Cc1cc(C#N)ccc1Cn1cnc(Cl)c(I)c1=O. The normalized spacial score (nSPS) is 10.2. The molecule has 0 spiro atoms. The first-order valence-corrected chi connectivity index (χ1v) is 6.88. The van der Waals surface area contributed by atoms with Crippen LogP contribution in [0.15, 0.2) is 29.3 Å². The molecule has 0 N–H and O–H groups in total. The third-order valence-electron chi connectivity index (χ3n) is 2.75. The van der Waals surface area contributed by atoms with Crippen LogP contribution in [-0.2, 0) is 6.54 Å². The fourth-order valence-electron chi connectivity index (χ4n) is 1.68. The van der Waals surface area contributed by atoms with Crippen molar-refractivity contribution >= 4 is 34.2 Å². The van der Waals surface area contributed by atoms with Crippen LogP contribution < -0.4 is 5.56 Å². The van der Waals surface area contributed by atoms with Crippen molar-refractivity contribution in [2.75, 3.05) is 0 Å². The molecular formula is C13H9ClIN3O. The van der Waals surface area contributed by atoms with Crippen LogP contribution >= 0.6 is 34.2 Å². The molecule has 0 fully saturated rings. The van der Waals surface area contributed by atoms with Crippen molar-refractivity contribution < 1.29 is 0 Å². The predicted molar refractivity (Wildman–Crippen MR) is 81.2 cm³/mol. The van der Waals surface area contributed by atoms with Crippen LogP contribution in [0.5, 0.6) is 0 Å². The zero-order valence-electron chi connectivity index (χ0n) is 10.0. The summed E-state index contributed by atoms with van der Waals surface area (Å²) in [6.45, 7) is 2.33. The molecule has 0 saturated carbocycles. The lowest BCUT2D eigenvalue weighted by atomic mass is 10.1. The van der Waals surface area contributed by atoms with E-state index in [0.29, 0.717) is 15.7 Å². The second kappa shape index (κ2) is 5.72. The number of aryl methyl sites for hydroxylation is 1. The van der Waals surface area contributed by atoms with Crippen LogP contribution in [0, 0.1) is 21.8 Å². The zero-order valence-corrected chi connectivity index (χ0v) is 12.9. The van der Waals surface area contributed by atoms with Crippen molar-refractivity contribution in [3.8, 4) is 6.07 Å². The highest BCUT2D eigenvalue weighted by Gasteiger charge is 2.08. The lowest BCUT2D eigenvalue weighted by Gasteiger charge is -2.09. The molecule has 1 aromatic carbocycles. The molecule has 0 aliphatic carbocycles. The molecule has 0 radical (unpaired) electrons. The summed E-state index contributed by atoms with van der Waals surface area (Å²) in [6.07, 6.45) is 1.43. The predicted octanol–water partition coefficient (Wildman–Crippen LogP) is 2.73. The average Bonchev–Trinajstić information content (AvgIpc) is 2.41. The number of hydrogen-bond acceptors (Lipinski definition) is 3. The number of aromatic nitrogens is 2. The largest absolute Gasteiger partial charge is 0.294 e. The maximum atomic E-state index is 12.0. The summed E-state index contributed by atoms with van der Waals surface area (Å²) < 4.78 is 1.91. The molecule has 6 heteroatoms. The smallest absolute Gasteiger partial charge is 0.268 e. The van der Waals surface area contributed by atoms with Gasteiger partial charge in [-0.2, -0.15) is 5.26 Å². The van der Waals surface area contributed by atoms with E-state index in [1.807, 2.05) is 35.6 Å². The number of halogens is 2. The van der Waals surface area contributed by atoms with Gasteiger partial charge in [-0.3, -0.25) is 9.36 Å². The van der Waals surface area contributed by atoms with E-state index in [-0.39, 0.29) is 10.7 Å². The van der Waals surface area contributed by atoms with E-state index >= 15 is 0 Å². The molecule has 1 aromatic heterocycles. The van der Waals surface area contributed by atoms with Gasteiger partial charge < -0.3 is 0 Å². The van der Waals surface area contributed by atoms with Crippen molar-refractivity contribution in [1.82, 2.24) is 9.55 Å². The Bertz CT molecular complexity index is 734. The highest BCUT2D eigenvalue weighted by Crippen LogP contribution is 2.13. The summed E-state index contributed by atoms with van der Waals surface area (Å²) in [5, 5.41) is 9.04. The lowest BCUT2D eigenvalue weighted by molar-refractivity contribution is 0.727. The van der Waals surface area contributed by atoms with Gasteiger partial charge in [0.15, 0.2) is 0 Å². The molecule has 19 heavy (non-hydrogen) atoms. The van der Waals surface area contributed by atoms with Crippen LogP contribution in [0.2, 0.25) is 5.15 Å². The van der Waals surface area contributed by atoms with E-state index in [0.717, 1.165) is 11.1 Å². The van der Waals surface area contributed by atoms with Gasteiger partial charge in [0.1, 0.15) is 8.72 Å². The Balaban J connectivity index is 2.40. The molecule has 0 aliphatic heterocycles. The third kappa shape index (κ3) is 2.96. The Morgan fingerprint density at radius 3 is 2.89 bits per heavy atom. The minimum atomic E-state index is -0.163. The van der Waals surface area contributed by atoms with Crippen LogP contribution in [0.25, 0.3) is 0 Å². The van der Waals surface area contributed by atoms with Gasteiger partial charge in [0.25, 0.3) is 5.56 Å². The van der Waals surface area contributed by atoms with Gasteiger partial charge in [-0.1, -0.05) is 17.7 Å². The van der Waals surface area contributed by atoms with Crippen LogP contribution in [0.1, 0.15) is 16.7 Å². The third-order valence-corrected chi connectivity index (χ3v) is 4.33. The highest BCUT2D eigenvalue weighted by molar-refractivity contribution is 14.1. The Kier molecular flexibility index (Phi) is 4.22. The topological polar surface area (TPSA) is 58.7 Å². The minimum absolute atomic E-state index is 0.163. The monoisotopic (exact) mass is 385 g/mol. The van der Waals surface area contributed by atoms with Crippen molar-refractivity contribution in [2.45, 2.75) is 13.5 Å². The van der Waals surface area contributed by atoms with Gasteiger partial charge in [-0.25, -0.2) is 4.98 Å². The van der Waals surface area contributed by atoms with Gasteiger partial charge in [0, 0.05) is 0 Å². The minimum Gasteiger partial charge on any atom is -0.294 e. The van der Waals surface area contributed by atoms with E-state index < -0.39 is 0 Å². The van der Waals surface area contributed by atoms with E-state index in [1.165, 1.54) is 10.9 Å². The molecule has 0 bridgehead atoms. The quantitative estimate of drug-likeness (QED) is 0.590. The number of nitrogens with zero attached hydrogens (tertiary/aromatic N) is 3. The van der Waals surface area contributed by atoms with Gasteiger partial charge in [0.2, 0.25) is 0 Å². The second-order valence-electron chi connectivity index (χ2n) is 4.04. The molecule has 96 valence electrons. The molecule has 0 amide bonds. The second-order valence-corrected chi connectivity index (χ2v) is 5.47. The van der Waals surface area contributed by atoms with Crippen molar-refractivity contribution in [3.05, 3.63) is 60.3 Å². The first kappa shape index (κ1) is 14.0. The summed E-state index contributed by atoms with van der Waals surface area (Å²) in [7, 11) is 0. The number of nitriles is 1. The molecule has 0 atom stereocenters. The van der Waals surface area contributed by atoms with Gasteiger partial charge in [-0.05, 0) is 52.8 Å². The molecular weight excluding hydrogens is 377 g/mol. The maximum Gasteiger partial charge on any atom is 0.268 e. The number of hydrogen-bond donors (Lipinski definition) is 0. The Labute approximate surface area is 128 Å². The molecule has 1 heterocycles. The standard InChI is InChI=1S/C13H9ClIN3O/c1-8-4-9(5-16)2-3-10(8)6-18-7-17-12(14)11(15)13(18)19/h2-4,7H,6H2,1H3. The molecule has 2 aromatic rings. The van der Waals surface area contributed by atoms with E-state index in [2.05, 4.69) is 11.1 Å². The highest BCUT2D eigenvalue weighted by atomic mass is 127. The molecule has 0 saturated heterocycles. The summed E-state index contributed by atoms with van der Waals surface area (Å²) in [5.74, 6) is 0. The van der Waals surface area contributed by atoms with Gasteiger partial charge in [-0.15, -0.1) is 0 Å². The van der Waals surface area contributed by atoms with Crippen LogP contribution in [0.3, 0.4) is 0 Å². The van der Waals surface area contributed by atoms with E-state index in [1.54, 1.807) is 12.1 Å². The van der Waals surface area contributed by atoms with Crippen molar-refractivity contribution in [2.24, 2.45) is 0 Å². The fraction of sp³-hybridized carbons (Fsp3) is 0.154. The first-order valence-electron chi connectivity index (χ1n) is 5.43. The van der Waals surface area contributed by atoms with E-state index in [4.69, 9.17) is 16.9 Å². The molecule has 2 rings (SSSR count).